The summed E-state index contributed by atoms with van der Waals surface area (Å²) in [7, 11) is 0. The first-order chi connectivity index (χ1) is 8.40. The lowest BCUT2D eigenvalue weighted by Crippen LogP contribution is -2.44. The minimum atomic E-state index is -0.136. The molecule has 1 N–H and O–H groups in total. The standard InChI is InChI=1S/C15H22ClNO/c1-10(2)15(18)14(17-11(3)4)9-12-6-5-7-13(16)8-12/h5-8,10-11,14,17H,9H2,1-4H3/t14-/m0/s1. The minimum Gasteiger partial charge on any atom is -0.305 e. The molecule has 1 rings (SSSR count). The molecule has 1 aromatic carbocycles. The van der Waals surface area contributed by atoms with Crippen LogP contribution >= 0.6 is 11.6 Å². The van der Waals surface area contributed by atoms with Gasteiger partial charge in [-0.3, -0.25) is 4.79 Å². The number of nitrogens with one attached hydrogen (secondary N) is 1. The van der Waals surface area contributed by atoms with E-state index in [1.807, 2.05) is 38.1 Å². The summed E-state index contributed by atoms with van der Waals surface area (Å²) in [6.45, 7) is 7.99. The fourth-order valence-corrected chi connectivity index (χ4v) is 2.16. The van der Waals surface area contributed by atoms with E-state index < -0.39 is 0 Å². The van der Waals surface area contributed by atoms with Crippen LogP contribution < -0.4 is 5.32 Å². The molecule has 0 bridgehead atoms. The van der Waals surface area contributed by atoms with Crippen molar-refractivity contribution in [1.29, 1.82) is 0 Å². The Labute approximate surface area is 115 Å². The van der Waals surface area contributed by atoms with Crippen LogP contribution in [0, 0.1) is 5.92 Å². The number of carbonyl (C=O) groups excluding carboxylic acids is 1. The lowest BCUT2D eigenvalue weighted by Gasteiger charge is -2.22. The van der Waals surface area contributed by atoms with Crippen molar-refractivity contribution in [2.75, 3.05) is 0 Å². The number of ketones is 1. The molecular formula is C15H22ClNO. The highest BCUT2D eigenvalue weighted by atomic mass is 35.5. The molecule has 0 heterocycles. The minimum absolute atomic E-state index is 0.0421. The molecule has 0 saturated heterocycles. The van der Waals surface area contributed by atoms with Crippen molar-refractivity contribution in [3.63, 3.8) is 0 Å². The van der Waals surface area contributed by atoms with Crippen LogP contribution in [0.2, 0.25) is 5.02 Å². The molecule has 0 spiro atoms. The molecular weight excluding hydrogens is 246 g/mol. The Balaban J connectivity index is 2.81. The zero-order valence-electron chi connectivity index (χ0n) is 11.5. The van der Waals surface area contributed by atoms with E-state index in [0.717, 1.165) is 5.56 Å². The highest BCUT2D eigenvalue weighted by Crippen LogP contribution is 2.14. The average Bonchev–Trinajstić information content (AvgIpc) is 2.26. The number of hydrogen-bond acceptors (Lipinski definition) is 2. The average molecular weight is 268 g/mol. The Kier molecular flexibility index (Phi) is 5.83. The van der Waals surface area contributed by atoms with Gasteiger partial charge < -0.3 is 5.32 Å². The van der Waals surface area contributed by atoms with Crippen LogP contribution in [0.1, 0.15) is 33.3 Å². The van der Waals surface area contributed by atoms with Crippen molar-refractivity contribution in [2.24, 2.45) is 5.92 Å². The summed E-state index contributed by atoms with van der Waals surface area (Å²) in [6, 6.07) is 7.85. The van der Waals surface area contributed by atoms with Crippen LogP contribution in [0.15, 0.2) is 24.3 Å². The second kappa shape index (κ2) is 6.91. The van der Waals surface area contributed by atoms with Crippen LogP contribution in [0.3, 0.4) is 0 Å². The summed E-state index contributed by atoms with van der Waals surface area (Å²) in [4.78, 5) is 12.2. The topological polar surface area (TPSA) is 29.1 Å². The maximum atomic E-state index is 12.2. The van der Waals surface area contributed by atoms with E-state index in [1.54, 1.807) is 0 Å². The molecule has 0 saturated carbocycles. The SMILES string of the molecule is CC(C)N[C@@H](Cc1cccc(Cl)c1)C(=O)C(C)C. The van der Waals surface area contributed by atoms with E-state index in [0.29, 0.717) is 11.4 Å². The molecule has 100 valence electrons. The van der Waals surface area contributed by atoms with Gasteiger partial charge in [0.05, 0.1) is 6.04 Å². The van der Waals surface area contributed by atoms with Gasteiger partial charge in [0, 0.05) is 17.0 Å². The second-order valence-electron chi connectivity index (χ2n) is 5.27. The van der Waals surface area contributed by atoms with Gasteiger partial charge in [-0.1, -0.05) is 51.4 Å². The molecule has 3 heteroatoms. The monoisotopic (exact) mass is 267 g/mol. The quantitative estimate of drug-likeness (QED) is 0.855. The summed E-state index contributed by atoms with van der Waals surface area (Å²) in [5, 5.41) is 4.05. The lowest BCUT2D eigenvalue weighted by molar-refractivity contribution is -0.124. The zero-order valence-corrected chi connectivity index (χ0v) is 12.3. The maximum absolute atomic E-state index is 12.2. The summed E-state index contributed by atoms with van der Waals surface area (Å²) < 4.78 is 0. The number of benzene rings is 1. The van der Waals surface area contributed by atoms with Crippen molar-refractivity contribution in [1.82, 2.24) is 5.32 Å². The second-order valence-corrected chi connectivity index (χ2v) is 5.70. The van der Waals surface area contributed by atoms with Gasteiger partial charge in [0.25, 0.3) is 0 Å². The van der Waals surface area contributed by atoms with E-state index in [9.17, 15) is 4.79 Å². The van der Waals surface area contributed by atoms with E-state index >= 15 is 0 Å². The van der Waals surface area contributed by atoms with Crippen molar-refractivity contribution in [2.45, 2.75) is 46.2 Å². The van der Waals surface area contributed by atoms with E-state index in [4.69, 9.17) is 11.6 Å². The van der Waals surface area contributed by atoms with Crippen LogP contribution in [0.25, 0.3) is 0 Å². The van der Waals surface area contributed by atoms with Gasteiger partial charge in [-0.05, 0) is 24.1 Å². The largest absolute Gasteiger partial charge is 0.305 e. The smallest absolute Gasteiger partial charge is 0.152 e. The van der Waals surface area contributed by atoms with Crippen LogP contribution in [-0.2, 0) is 11.2 Å². The van der Waals surface area contributed by atoms with Crippen molar-refractivity contribution in [3.8, 4) is 0 Å². The summed E-state index contributed by atoms with van der Waals surface area (Å²) >= 11 is 5.97. The van der Waals surface area contributed by atoms with Crippen molar-refractivity contribution >= 4 is 17.4 Å². The number of hydrogen-bond donors (Lipinski definition) is 1. The molecule has 2 nitrogen and oxygen atoms in total. The lowest BCUT2D eigenvalue weighted by atomic mass is 9.95. The first-order valence-corrected chi connectivity index (χ1v) is 6.82. The number of halogens is 1. The van der Waals surface area contributed by atoms with E-state index in [1.165, 1.54) is 0 Å². The molecule has 0 unspecified atom stereocenters. The van der Waals surface area contributed by atoms with Gasteiger partial charge in [0.2, 0.25) is 0 Å². The van der Waals surface area contributed by atoms with Crippen LogP contribution in [-0.4, -0.2) is 17.9 Å². The molecule has 0 aliphatic carbocycles. The molecule has 0 aliphatic heterocycles. The normalized spacial score (nSPS) is 13.1. The molecule has 0 aromatic heterocycles. The number of carbonyl (C=O) groups is 1. The molecule has 1 aromatic rings. The first-order valence-electron chi connectivity index (χ1n) is 6.44. The Morgan fingerprint density at radius 3 is 2.44 bits per heavy atom. The number of rotatable bonds is 6. The molecule has 18 heavy (non-hydrogen) atoms. The van der Waals surface area contributed by atoms with Gasteiger partial charge in [0.1, 0.15) is 0 Å². The number of Topliss-reactive ketones (excluding diaryl/α,β-unsaturated/α-hetero) is 1. The molecule has 1 atom stereocenters. The molecule has 0 aliphatic rings. The third-order valence-corrected chi connectivity index (χ3v) is 3.01. The summed E-state index contributed by atoms with van der Waals surface area (Å²) in [5.74, 6) is 0.295. The molecule has 0 radical (unpaired) electrons. The summed E-state index contributed by atoms with van der Waals surface area (Å²) in [5.41, 5.74) is 1.09. The van der Waals surface area contributed by atoms with Gasteiger partial charge >= 0.3 is 0 Å². The zero-order chi connectivity index (χ0) is 13.7. The van der Waals surface area contributed by atoms with E-state index in [-0.39, 0.29) is 23.8 Å². The molecule has 0 fully saturated rings. The first kappa shape index (κ1) is 15.2. The fraction of sp³-hybridized carbons (Fsp3) is 0.533. The fourth-order valence-electron chi connectivity index (χ4n) is 1.95. The van der Waals surface area contributed by atoms with Gasteiger partial charge in [0.15, 0.2) is 5.78 Å². The molecule has 0 amide bonds. The summed E-state index contributed by atoms with van der Waals surface area (Å²) in [6.07, 6.45) is 0.690. The third kappa shape index (κ3) is 4.79. The third-order valence-electron chi connectivity index (χ3n) is 2.78. The van der Waals surface area contributed by atoms with Crippen LogP contribution in [0.5, 0.6) is 0 Å². The van der Waals surface area contributed by atoms with E-state index in [2.05, 4.69) is 19.2 Å². The highest BCUT2D eigenvalue weighted by Gasteiger charge is 2.21. The van der Waals surface area contributed by atoms with Gasteiger partial charge in [-0.25, -0.2) is 0 Å². The Hall–Kier alpha value is -0.860. The van der Waals surface area contributed by atoms with Crippen molar-refractivity contribution in [3.05, 3.63) is 34.9 Å². The van der Waals surface area contributed by atoms with Gasteiger partial charge in [-0.2, -0.15) is 0 Å². The Morgan fingerprint density at radius 2 is 1.94 bits per heavy atom. The van der Waals surface area contributed by atoms with Crippen molar-refractivity contribution < 1.29 is 4.79 Å². The van der Waals surface area contributed by atoms with Gasteiger partial charge in [-0.15, -0.1) is 0 Å². The highest BCUT2D eigenvalue weighted by molar-refractivity contribution is 6.30. The predicted molar refractivity (Wildman–Crippen MR) is 77.1 cm³/mol. The predicted octanol–water partition coefficient (Wildman–Crippen LogP) is 3.47. The Morgan fingerprint density at radius 1 is 1.28 bits per heavy atom. The van der Waals surface area contributed by atoms with Crippen LogP contribution in [0.4, 0.5) is 0 Å². The Bertz CT molecular complexity index is 401. The maximum Gasteiger partial charge on any atom is 0.152 e.